The summed E-state index contributed by atoms with van der Waals surface area (Å²) in [5.41, 5.74) is -0.665. The molecule has 1 amide bonds. The minimum absolute atomic E-state index is 0.00869. The summed E-state index contributed by atoms with van der Waals surface area (Å²) in [5, 5.41) is 13.1. The zero-order valence-electron chi connectivity index (χ0n) is 10.6. The highest BCUT2D eigenvalue weighted by molar-refractivity contribution is 6.29. The summed E-state index contributed by atoms with van der Waals surface area (Å²) in [6.45, 7) is 1.92. The van der Waals surface area contributed by atoms with Crippen molar-refractivity contribution >= 4 is 29.2 Å². The molecule has 1 rings (SSSR count). The number of ether oxygens (including phenoxy) is 1. The molecule has 1 N–H and O–H groups in total. The van der Waals surface area contributed by atoms with E-state index in [2.05, 4.69) is 15.0 Å². The molecule has 0 atom stereocenters. The number of esters is 1. The van der Waals surface area contributed by atoms with Crippen LogP contribution in [0.15, 0.2) is 12.3 Å². The average molecular weight is 302 g/mol. The summed E-state index contributed by atoms with van der Waals surface area (Å²) in [5.74, 6) is -1.17. The van der Waals surface area contributed by atoms with Gasteiger partial charge in [0, 0.05) is 6.54 Å². The Bertz CT molecular complexity index is 535. The summed E-state index contributed by atoms with van der Waals surface area (Å²) in [6, 6.07) is 1.10. The second kappa shape index (κ2) is 7.39. The molecular formula is C11H12ClN3O5. The van der Waals surface area contributed by atoms with Crippen LogP contribution in [-0.4, -0.2) is 34.9 Å². The molecule has 0 saturated carbocycles. The lowest BCUT2D eigenvalue weighted by atomic mass is 10.2. The third kappa shape index (κ3) is 4.47. The topological polar surface area (TPSA) is 111 Å². The van der Waals surface area contributed by atoms with E-state index < -0.39 is 22.5 Å². The van der Waals surface area contributed by atoms with Crippen LogP contribution in [0.1, 0.15) is 23.7 Å². The van der Waals surface area contributed by atoms with Gasteiger partial charge in [-0.2, -0.15) is 0 Å². The van der Waals surface area contributed by atoms with E-state index in [0.29, 0.717) is 0 Å². The Morgan fingerprint density at radius 1 is 1.55 bits per heavy atom. The number of hydrogen-bond donors (Lipinski definition) is 1. The minimum Gasteiger partial charge on any atom is -0.466 e. The van der Waals surface area contributed by atoms with Gasteiger partial charge >= 0.3 is 5.97 Å². The highest BCUT2D eigenvalue weighted by atomic mass is 35.5. The third-order valence-electron chi connectivity index (χ3n) is 2.21. The average Bonchev–Trinajstić information content (AvgIpc) is 2.38. The molecule has 0 radical (unpaired) electrons. The molecule has 0 aliphatic heterocycles. The summed E-state index contributed by atoms with van der Waals surface area (Å²) < 4.78 is 4.68. The molecule has 9 heteroatoms. The Hall–Kier alpha value is -2.22. The molecule has 0 spiro atoms. The molecule has 1 aromatic rings. The van der Waals surface area contributed by atoms with E-state index in [1.54, 1.807) is 6.92 Å². The lowest BCUT2D eigenvalue weighted by Crippen LogP contribution is -2.27. The molecule has 0 aliphatic rings. The van der Waals surface area contributed by atoms with Crippen LogP contribution in [0.3, 0.4) is 0 Å². The van der Waals surface area contributed by atoms with Crippen molar-refractivity contribution in [2.75, 3.05) is 13.2 Å². The number of carbonyl (C=O) groups is 2. The monoisotopic (exact) mass is 301 g/mol. The molecule has 0 bridgehead atoms. The number of pyridine rings is 1. The van der Waals surface area contributed by atoms with Crippen LogP contribution in [0.5, 0.6) is 0 Å². The number of carbonyl (C=O) groups excluding carboxylic acids is 2. The van der Waals surface area contributed by atoms with Crippen molar-refractivity contribution in [3.8, 4) is 0 Å². The zero-order chi connectivity index (χ0) is 15.1. The van der Waals surface area contributed by atoms with Crippen LogP contribution < -0.4 is 5.32 Å². The number of hydrogen-bond acceptors (Lipinski definition) is 6. The molecule has 0 fully saturated rings. The lowest BCUT2D eigenvalue weighted by Gasteiger charge is -2.05. The smallest absolute Gasteiger partial charge is 0.307 e. The normalized spacial score (nSPS) is 9.90. The second-order valence-corrected chi connectivity index (χ2v) is 3.98. The minimum atomic E-state index is -0.733. The first-order chi connectivity index (χ1) is 9.45. The van der Waals surface area contributed by atoms with Crippen LogP contribution >= 0.6 is 11.6 Å². The van der Waals surface area contributed by atoms with Gasteiger partial charge in [0.1, 0.15) is 16.9 Å². The predicted octanol–water partition coefficient (Wildman–Crippen LogP) is 1.33. The summed E-state index contributed by atoms with van der Waals surface area (Å²) in [7, 11) is 0. The van der Waals surface area contributed by atoms with E-state index in [0.717, 1.165) is 12.3 Å². The van der Waals surface area contributed by atoms with E-state index in [-0.39, 0.29) is 30.3 Å². The predicted molar refractivity (Wildman–Crippen MR) is 69.5 cm³/mol. The molecule has 0 saturated heterocycles. The first-order valence-electron chi connectivity index (χ1n) is 5.69. The Kier molecular flexibility index (Phi) is 5.85. The van der Waals surface area contributed by atoms with Gasteiger partial charge in [-0.05, 0) is 13.0 Å². The fourth-order valence-corrected chi connectivity index (χ4v) is 1.51. The Morgan fingerprint density at radius 2 is 2.25 bits per heavy atom. The van der Waals surface area contributed by atoms with Crippen LogP contribution in [0.4, 0.5) is 5.69 Å². The molecule has 0 unspecified atom stereocenters. The SMILES string of the molecule is CCOC(=O)CCNC(=O)c1cc(Cl)ncc1[N+](=O)[O-]. The fraction of sp³-hybridized carbons (Fsp3) is 0.364. The first kappa shape index (κ1) is 15.8. The van der Waals surface area contributed by atoms with E-state index in [1.807, 2.05) is 0 Å². The van der Waals surface area contributed by atoms with E-state index in [4.69, 9.17) is 11.6 Å². The number of nitro groups is 1. The van der Waals surface area contributed by atoms with Gasteiger partial charge in [-0.3, -0.25) is 19.7 Å². The van der Waals surface area contributed by atoms with E-state index in [1.165, 1.54) is 0 Å². The van der Waals surface area contributed by atoms with Crippen molar-refractivity contribution in [1.29, 1.82) is 0 Å². The summed E-state index contributed by atoms with van der Waals surface area (Å²) in [4.78, 5) is 36.5. The number of aromatic nitrogens is 1. The summed E-state index contributed by atoms with van der Waals surface area (Å²) >= 11 is 5.60. The zero-order valence-corrected chi connectivity index (χ0v) is 11.3. The Morgan fingerprint density at radius 3 is 2.85 bits per heavy atom. The third-order valence-corrected chi connectivity index (χ3v) is 2.42. The maximum atomic E-state index is 11.8. The Balaban J connectivity index is 2.70. The van der Waals surface area contributed by atoms with Gasteiger partial charge in [0.05, 0.1) is 18.0 Å². The maximum Gasteiger partial charge on any atom is 0.307 e. The largest absolute Gasteiger partial charge is 0.466 e. The number of rotatable bonds is 6. The van der Waals surface area contributed by atoms with Crippen LogP contribution in [0.2, 0.25) is 5.15 Å². The van der Waals surface area contributed by atoms with Crippen LogP contribution in [0, 0.1) is 10.1 Å². The van der Waals surface area contributed by atoms with Crippen molar-refractivity contribution in [2.24, 2.45) is 0 Å². The second-order valence-electron chi connectivity index (χ2n) is 3.59. The first-order valence-corrected chi connectivity index (χ1v) is 6.07. The van der Waals surface area contributed by atoms with Crippen LogP contribution in [-0.2, 0) is 9.53 Å². The highest BCUT2D eigenvalue weighted by Crippen LogP contribution is 2.20. The molecule has 8 nitrogen and oxygen atoms in total. The molecule has 0 aromatic carbocycles. The molecule has 108 valence electrons. The Labute approximate surface area is 119 Å². The van der Waals surface area contributed by atoms with Gasteiger partial charge in [-0.15, -0.1) is 0 Å². The highest BCUT2D eigenvalue weighted by Gasteiger charge is 2.21. The van der Waals surface area contributed by atoms with Crippen molar-refractivity contribution in [2.45, 2.75) is 13.3 Å². The van der Waals surface area contributed by atoms with Gasteiger partial charge in [0.2, 0.25) is 0 Å². The van der Waals surface area contributed by atoms with Crippen molar-refractivity contribution in [1.82, 2.24) is 10.3 Å². The maximum absolute atomic E-state index is 11.8. The molecule has 0 aliphatic carbocycles. The number of nitrogens with one attached hydrogen (secondary N) is 1. The van der Waals surface area contributed by atoms with Crippen LogP contribution in [0.25, 0.3) is 0 Å². The van der Waals surface area contributed by atoms with Crippen molar-refractivity contribution in [3.05, 3.63) is 33.1 Å². The van der Waals surface area contributed by atoms with Gasteiger partial charge < -0.3 is 10.1 Å². The quantitative estimate of drug-likeness (QED) is 0.367. The van der Waals surface area contributed by atoms with Crippen molar-refractivity contribution < 1.29 is 19.2 Å². The van der Waals surface area contributed by atoms with Gasteiger partial charge in [0.15, 0.2) is 0 Å². The standard InChI is InChI=1S/C11H12ClN3O5/c1-2-20-10(16)3-4-13-11(17)7-5-9(12)14-6-8(7)15(18)19/h5-6H,2-4H2,1H3,(H,13,17). The lowest BCUT2D eigenvalue weighted by molar-refractivity contribution is -0.385. The number of nitrogens with zero attached hydrogens (tertiary/aromatic N) is 2. The van der Waals surface area contributed by atoms with Gasteiger partial charge in [0.25, 0.3) is 11.6 Å². The summed E-state index contributed by atoms with van der Waals surface area (Å²) in [6.07, 6.45) is 0.884. The van der Waals surface area contributed by atoms with E-state index >= 15 is 0 Å². The van der Waals surface area contributed by atoms with Crippen molar-refractivity contribution in [3.63, 3.8) is 0 Å². The molecular weight excluding hydrogens is 290 g/mol. The fourth-order valence-electron chi connectivity index (χ4n) is 1.36. The number of amides is 1. The molecule has 1 heterocycles. The molecule has 20 heavy (non-hydrogen) atoms. The van der Waals surface area contributed by atoms with Gasteiger partial charge in [-0.1, -0.05) is 11.6 Å². The molecule has 1 aromatic heterocycles. The number of halogens is 1. The van der Waals surface area contributed by atoms with E-state index in [9.17, 15) is 19.7 Å². The van der Waals surface area contributed by atoms with Gasteiger partial charge in [-0.25, -0.2) is 4.98 Å².